The molecule has 0 amide bonds. The fourth-order valence-corrected chi connectivity index (χ4v) is 3.88. The SMILES string of the molecule is Cn1cc2cc(-c3cc4ccc(OCC(F)(F)F)nc4n(-c4ccc(Cl)cc4)c3=O)ccc2n1. The van der Waals surface area contributed by atoms with E-state index in [4.69, 9.17) is 16.3 Å². The molecule has 0 aliphatic rings. The van der Waals surface area contributed by atoms with Crippen molar-refractivity contribution in [1.82, 2.24) is 19.3 Å². The fraction of sp³-hybridized carbons (Fsp3) is 0.125. The number of pyridine rings is 2. The van der Waals surface area contributed by atoms with Crippen molar-refractivity contribution in [2.45, 2.75) is 6.18 Å². The number of rotatable bonds is 4. The van der Waals surface area contributed by atoms with E-state index in [1.54, 1.807) is 47.1 Å². The van der Waals surface area contributed by atoms with Gasteiger partial charge in [0.05, 0.1) is 11.2 Å². The highest BCUT2D eigenvalue weighted by atomic mass is 35.5. The zero-order valence-corrected chi connectivity index (χ0v) is 18.4. The van der Waals surface area contributed by atoms with Crippen LogP contribution in [0.1, 0.15) is 0 Å². The topological polar surface area (TPSA) is 61.9 Å². The Labute approximate surface area is 195 Å². The van der Waals surface area contributed by atoms with E-state index in [-0.39, 0.29) is 11.5 Å². The van der Waals surface area contributed by atoms with Crippen molar-refractivity contribution >= 4 is 33.5 Å². The van der Waals surface area contributed by atoms with E-state index in [1.165, 1.54) is 10.6 Å². The minimum Gasteiger partial charge on any atom is -0.468 e. The molecular weight excluding hydrogens is 469 g/mol. The minimum atomic E-state index is -4.51. The molecule has 10 heteroatoms. The number of hydrogen-bond acceptors (Lipinski definition) is 4. The number of aryl methyl sites for hydroxylation is 1. The summed E-state index contributed by atoms with van der Waals surface area (Å²) in [5.74, 6) is -0.239. The number of halogens is 4. The predicted molar refractivity (Wildman–Crippen MR) is 124 cm³/mol. The van der Waals surface area contributed by atoms with Crippen molar-refractivity contribution in [3.05, 3.63) is 82.2 Å². The lowest BCUT2D eigenvalue weighted by atomic mass is 10.0. The van der Waals surface area contributed by atoms with E-state index in [0.29, 0.717) is 27.2 Å². The molecule has 0 radical (unpaired) electrons. The molecule has 2 aromatic carbocycles. The van der Waals surface area contributed by atoms with Crippen LogP contribution in [0, 0.1) is 0 Å². The van der Waals surface area contributed by atoms with Gasteiger partial charge >= 0.3 is 6.18 Å². The van der Waals surface area contributed by atoms with Crippen molar-refractivity contribution < 1.29 is 17.9 Å². The Morgan fingerprint density at radius 2 is 1.76 bits per heavy atom. The van der Waals surface area contributed by atoms with Crippen molar-refractivity contribution in [3.8, 4) is 22.7 Å². The van der Waals surface area contributed by atoms with Gasteiger partial charge in [-0.2, -0.15) is 23.3 Å². The van der Waals surface area contributed by atoms with Crippen LogP contribution in [0.4, 0.5) is 13.2 Å². The molecule has 6 nitrogen and oxygen atoms in total. The zero-order chi connectivity index (χ0) is 24.0. The third kappa shape index (κ3) is 4.22. The van der Waals surface area contributed by atoms with Gasteiger partial charge in [-0.15, -0.1) is 0 Å². The molecule has 0 spiro atoms. The lowest BCUT2D eigenvalue weighted by Gasteiger charge is -2.14. The average molecular weight is 485 g/mol. The summed E-state index contributed by atoms with van der Waals surface area (Å²) in [4.78, 5) is 17.9. The number of fused-ring (bicyclic) bond motifs is 2. The van der Waals surface area contributed by atoms with Crippen LogP contribution in [0.3, 0.4) is 0 Å². The molecule has 0 N–H and O–H groups in total. The molecule has 3 heterocycles. The van der Waals surface area contributed by atoms with Crippen molar-refractivity contribution in [3.63, 3.8) is 0 Å². The standard InChI is InChI=1S/C24H16ClF3N4O2/c1-31-12-16-10-14(2-8-20(16)30-31)19-11-15-3-9-21(34-13-24(26,27)28)29-22(15)32(23(19)33)18-6-4-17(25)5-7-18/h2-12H,13H2,1H3. The molecule has 0 aliphatic carbocycles. The second-order valence-electron chi connectivity index (χ2n) is 7.72. The highest BCUT2D eigenvalue weighted by Crippen LogP contribution is 2.27. The predicted octanol–water partition coefficient (Wildman–Crippen LogP) is 5.53. The first-order valence-corrected chi connectivity index (χ1v) is 10.5. The molecule has 0 saturated carbocycles. The summed E-state index contributed by atoms with van der Waals surface area (Å²) in [6.07, 6.45) is -2.66. The molecule has 34 heavy (non-hydrogen) atoms. The molecule has 0 aliphatic heterocycles. The van der Waals surface area contributed by atoms with Crippen LogP contribution >= 0.6 is 11.6 Å². The number of nitrogens with zero attached hydrogens (tertiary/aromatic N) is 4. The number of benzene rings is 2. The zero-order valence-electron chi connectivity index (χ0n) is 17.7. The van der Waals surface area contributed by atoms with E-state index >= 15 is 0 Å². The third-order valence-electron chi connectivity index (χ3n) is 5.22. The Morgan fingerprint density at radius 1 is 1.00 bits per heavy atom. The smallest absolute Gasteiger partial charge is 0.422 e. The molecule has 0 saturated heterocycles. The fourth-order valence-electron chi connectivity index (χ4n) is 3.76. The first kappa shape index (κ1) is 22.0. The molecule has 5 aromatic rings. The van der Waals surface area contributed by atoms with E-state index in [0.717, 1.165) is 10.9 Å². The van der Waals surface area contributed by atoms with Gasteiger partial charge in [-0.05, 0) is 54.1 Å². The van der Waals surface area contributed by atoms with Crippen molar-refractivity contribution in [2.24, 2.45) is 7.05 Å². The van der Waals surface area contributed by atoms with Gasteiger partial charge in [-0.3, -0.25) is 14.0 Å². The lowest BCUT2D eigenvalue weighted by molar-refractivity contribution is -0.154. The Morgan fingerprint density at radius 3 is 2.50 bits per heavy atom. The Kier molecular flexibility index (Phi) is 5.28. The van der Waals surface area contributed by atoms with Gasteiger partial charge in [0.25, 0.3) is 5.56 Å². The second-order valence-corrected chi connectivity index (χ2v) is 8.15. The van der Waals surface area contributed by atoms with Gasteiger partial charge in [-0.25, -0.2) is 0 Å². The molecule has 0 atom stereocenters. The van der Waals surface area contributed by atoms with Crippen LogP contribution in [-0.2, 0) is 7.05 Å². The summed E-state index contributed by atoms with van der Waals surface area (Å²) in [5, 5.41) is 6.25. The summed E-state index contributed by atoms with van der Waals surface area (Å²) in [5.41, 5.74) is 2.10. The summed E-state index contributed by atoms with van der Waals surface area (Å²) in [6, 6.07) is 16.6. The van der Waals surface area contributed by atoms with E-state index in [1.807, 2.05) is 25.4 Å². The highest BCUT2D eigenvalue weighted by Gasteiger charge is 2.28. The average Bonchev–Trinajstić information content (AvgIpc) is 3.17. The van der Waals surface area contributed by atoms with Gasteiger partial charge in [0.15, 0.2) is 12.3 Å². The maximum Gasteiger partial charge on any atom is 0.422 e. The highest BCUT2D eigenvalue weighted by molar-refractivity contribution is 6.30. The van der Waals surface area contributed by atoms with Crippen molar-refractivity contribution in [1.29, 1.82) is 0 Å². The first-order chi connectivity index (χ1) is 16.2. The Hall–Kier alpha value is -3.85. The molecule has 3 aromatic heterocycles. The second kappa shape index (κ2) is 8.18. The van der Waals surface area contributed by atoms with Crippen LogP contribution in [0.15, 0.2) is 71.7 Å². The molecule has 5 rings (SSSR count). The number of ether oxygens (including phenoxy) is 1. The van der Waals surface area contributed by atoms with E-state index in [2.05, 4.69) is 10.1 Å². The number of aromatic nitrogens is 4. The summed E-state index contributed by atoms with van der Waals surface area (Å²) in [7, 11) is 1.81. The van der Waals surface area contributed by atoms with Gasteiger partial charge in [-0.1, -0.05) is 17.7 Å². The first-order valence-electron chi connectivity index (χ1n) is 10.1. The quantitative estimate of drug-likeness (QED) is 0.336. The Bertz CT molecular complexity index is 1590. The molecule has 172 valence electrons. The molecule has 0 unspecified atom stereocenters. The number of alkyl halides is 3. The molecule has 0 fully saturated rings. The van der Waals surface area contributed by atoms with Gasteiger partial charge in [0, 0.05) is 40.7 Å². The van der Waals surface area contributed by atoms with Crippen LogP contribution in [0.25, 0.3) is 38.8 Å². The van der Waals surface area contributed by atoms with Gasteiger partial charge < -0.3 is 4.74 Å². The van der Waals surface area contributed by atoms with Crippen LogP contribution in [-0.4, -0.2) is 32.1 Å². The number of hydrogen-bond donors (Lipinski definition) is 0. The lowest BCUT2D eigenvalue weighted by Crippen LogP contribution is -2.22. The van der Waals surface area contributed by atoms with Gasteiger partial charge in [0.1, 0.15) is 0 Å². The van der Waals surface area contributed by atoms with E-state index in [9.17, 15) is 18.0 Å². The van der Waals surface area contributed by atoms with Crippen LogP contribution in [0.2, 0.25) is 5.02 Å². The van der Waals surface area contributed by atoms with Crippen LogP contribution < -0.4 is 10.3 Å². The largest absolute Gasteiger partial charge is 0.468 e. The van der Waals surface area contributed by atoms with Crippen LogP contribution in [0.5, 0.6) is 5.88 Å². The Balaban J connectivity index is 1.73. The molecular formula is C24H16ClF3N4O2. The summed E-state index contributed by atoms with van der Waals surface area (Å²) in [6.45, 7) is -1.49. The maximum atomic E-state index is 13.7. The van der Waals surface area contributed by atoms with Crippen molar-refractivity contribution in [2.75, 3.05) is 6.61 Å². The van der Waals surface area contributed by atoms with Gasteiger partial charge in [0.2, 0.25) is 5.88 Å². The normalized spacial score (nSPS) is 11.9. The maximum absolute atomic E-state index is 13.7. The summed E-state index contributed by atoms with van der Waals surface area (Å²) < 4.78 is 45.7. The summed E-state index contributed by atoms with van der Waals surface area (Å²) >= 11 is 6.01. The third-order valence-corrected chi connectivity index (χ3v) is 5.48. The minimum absolute atomic E-state index is 0.165. The monoisotopic (exact) mass is 484 g/mol. The molecule has 0 bridgehead atoms. The van der Waals surface area contributed by atoms with E-state index < -0.39 is 18.3 Å².